The Kier molecular flexibility index (Phi) is 2.37. The van der Waals surface area contributed by atoms with Crippen LogP contribution in [0.15, 0.2) is 0 Å². The zero-order valence-corrected chi connectivity index (χ0v) is 7.95. The summed E-state index contributed by atoms with van der Waals surface area (Å²) >= 11 is 0. The summed E-state index contributed by atoms with van der Waals surface area (Å²) in [5.74, 6) is 2.15. The van der Waals surface area contributed by atoms with E-state index in [1.807, 2.05) is 0 Å². The molecule has 0 aromatic carbocycles. The summed E-state index contributed by atoms with van der Waals surface area (Å²) in [6.07, 6.45) is 2.65. The molecule has 0 aromatic rings. The van der Waals surface area contributed by atoms with E-state index in [4.69, 9.17) is 9.47 Å². The van der Waals surface area contributed by atoms with Gasteiger partial charge in [0.2, 0.25) is 0 Å². The summed E-state index contributed by atoms with van der Waals surface area (Å²) in [5, 5.41) is 0. The Bertz CT molecular complexity index is 156. The van der Waals surface area contributed by atoms with Crippen molar-refractivity contribution < 1.29 is 9.47 Å². The lowest BCUT2D eigenvalue weighted by Gasteiger charge is -2.28. The van der Waals surface area contributed by atoms with Crippen LogP contribution in [-0.4, -0.2) is 19.5 Å². The predicted molar refractivity (Wildman–Crippen MR) is 46.7 cm³/mol. The Morgan fingerprint density at radius 3 is 2.83 bits per heavy atom. The van der Waals surface area contributed by atoms with Gasteiger partial charge >= 0.3 is 0 Å². The lowest BCUT2D eigenvalue weighted by atomic mass is 9.82. The van der Waals surface area contributed by atoms with Crippen LogP contribution in [0.3, 0.4) is 0 Å². The van der Waals surface area contributed by atoms with Crippen LogP contribution >= 0.6 is 0 Å². The first-order valence-electron chi connectivity index (χ1n) is 5.02. The summed E-state index contributed by atoms with van der Waals surface area (Å²) in [5.41, 5.74) is 0. The first-order chi connectivity index (χ1) is 5.79. The Morgan fingerprint density at radius 1 is 1.25 bits per heavy atom. The van der Waals surface area contributed by atoms with E-state index in [1.54, 1.807) is 0 Å². The Hall–Kier alpha value is -0.0800. The summed E-state index contributed by atoms with van der Waals surface area (Å²) in [6, 6.07) is 0. The minimum atomic E-state index is 0.131. The molecule has 3 atom stereocenters. The third-order valence-electron chi connectivity index (χ3n) is 3.17. The molecule has 1 unspecified atom stereocenters. The highest BCUT2D eigenvalue weighted by Gasteiger charge is 2.40. The van der Waals surface area contributed by atoms with Gasteiger partial charge in [0.05, 0.1) is 6.61 Å². The summed E-state index contributed by atoms with van der Waals surface area (Å²) in [4.78, 5) is 0. The average molecular weight is 170 g/mol. The Morgan fingerprint density at radius 2 is 2.08 bits per heavy atom. The van der Waals surface area contributed by atoms with E-state index in [9.17, 15) is 0 Å². The number of hydrogen-bond acceptors (Lipinski definition) is 2. The van der Waals surface area contributed by atoms with Gasteiger partial charge in [0.1, 0.15) is 0 Å². The van der Waals surface area contributed by atoms with Crippen LogP contribution in [0.25, 0.3) is 0 Å². The maximum Gasteiger partial charge on any atom is 0.160 e. The number of hydrogen-bond donors (Lipinski definition) is 0. The minimum Gasteiger partial charge on any atom is -0.352 e. The fourth-order valence-electron chi connectivity index (χ4n) is 2.38. The molecule has 2 fully saturated rings. The lowest BCUT2D eigenvalue weighted by molar-refractivity contribution is -0.151. The highest BCUT2D eigenvalue weighted by molar-refractivity contribution is 4.83. The molecule has 0 aliphatic carbocycles. The van der Waals surface area contributed by atoms with Crippen molar-refractivity contribution in [3.63, 3.8) is 0 Å². The van der Waals surface area contributed by atoms with Crippen molar-refractivity contribution in [3.05, 3.63) is 0 Å². The van der Waals surface area contributed by atoms with Crippen LogP contribution in [0.4, 0.5) is 0 Å². The van der Waals surface area contributed by atoms with E-state index in [2.05, 4.69) is 13.8 Å². The normalized spacial score (nSPS) is 41.8. The van der Waals surface area contributed by atoms with E-state index in [1.165, 1.54) is 12.8 Å². The van der Waals surface area contributed by atoms with Gasteiger partial charge in [0.25, 0.3) is 0 Å². The van der Waals surface area contributed by atoms with Crippen molar-refractivity contribution in [1.82, 2.24) is 0 Å². The monoisotopic (exact) mass is 170 g/mol. The van der Waals surface area contributed by atoms with Crippen LogP contribution in [0, 0.1) is 17.8 Å². The molecule has 2 heterocycles. The molecular weight excluding hydrogens is 152 g/mol. The molecule has 0 bridgehead atoms. The second-order valence-corrected chi connectivity index (χ2v) is 4.29. The third-order valence-corrected chi connectivity index (χ3v) is 3.17. The van der Waals surface area contributed by atoms with Gasteiger partial charge < -0.3 is 9.47 Å². The molecular formula is C10H18O2. The maximum absolute atomic E-state index is 5.61. The molecule has 0 radical (unpaired) electrons. The fraction of sp³-hybridized carbons (Fsp3) is 1.00. The van der Waals surface area contributed by atoms with Gasteiger partial charge in [0, 0.05) is 12.5 Å². The van der Waals surface area contributed by atoms with E-state index < -0.39 is 0 Å². The summed E-state index contributed by atoms with van der Waals surface area (Å²) in [6.45, 7) is 6.37. The summed E-state index contributed by atoms with van der Waals surface area (Å²) < 4.78 is 11.2. The zero-order chi connectivity index (χ0) is 8.55. The number of fused-ring (bicyclic) bond motifs is 1. The molecule has 2 aliphatic rings. The van der Waals surface area contributed by atoms with Crippen molar-refractivity contribution in [2.45, 2.75) is 33.0 Å². The molecule has 2 heteroatoms. The van der Waals surface area contributed by atoms with Crippen molar-refractivity contribution in [2.75, 3.05) is 13.2 Å². The van der Waals surface area contributed by atoms with Crippen molar-refractivity contribution in [2.24, 2.45) is 17.8 Å². The topological polar surface area (TPSA) is 18.5 Å². The molecule has 0 saturated carbocycles. The molecule has 2 saturated heterocycles. The standard InChI is InChI=1S/C10H18O2/c1-7(2)9-6-12-10-8(9)4-3-5-11-10/h7-10H,3-6H2,1-2H3/t8-,9+,10?/m1/s1. The van der Waals surface area contributed by atoms with Gasteiger partial charge in [0.15, 0.2) is 6.29 Å². The predicted octanol–water partition coefficient (Wildman–Crippen LogP) is 2.04. The zero-order valence-electron chi connectivity index (χ0n) is 7.95. The molecule has 0 aromatic heterocycles. The van der Waals surface area contributed by atoms with Crippen molar-refractivity contribution in [1.29, 1.82) is 0 Å². The second kappa shape index (κ2) is 3.35. The van der Waals surface area contributed by atoms with Crippen molar-refractivity contribution in [3.8, 4) is 0 Å². The first kappa shape index (κ1) is 8.52. The highest BCUT2D eigenvalue weighted by atomic mass is 16.7. The van der Waals surface area contributed by atoms with Crippen LogP contribution in [0.2, 0.25) is 0 Å². The first-order valence-corrected chi connectivity index (χ1v) is 5.02. The quantitative estimate of drug-likeness (QED) is 0.599. The van der Waals surface area contributed by atoms with Crippen LogP contribution in [-0.2, 0) is 9.47 Å². The molecule has 2 nitrogen and oxygen atoms in total. The molecule has 2 rings (SSSR count). The fourth-order valence-corrected chi connectivity index (χ4v) is 2.38. The van der Waals surface area contributed by atoms with Gasteiger partial charge in [-0.3, -0.25) is 0 Å². The SMILES string of the molecule is CC(C)[C@@H]1COC2OCCC[C@@H]21. The molecule has 0 amide bonds. The van der Waals surface area contributed by atoms with Gasteiger partial charge in [-0.2, -0.15) is 0 Å². The van der Waals surface area contributed by atoms with Gasteiger partial charge in [-0.05, 0) is 24.7 Å². The van der Waals surface area contributed by atoms with Gasteiger partial charge in [-0.15, -0.1) is 0 Å². The van der Waals surface area contributed by atoms with Crippen molar-refractivity contribution >= 4 is 0 Å². The Labute approximate surface area is 74.2 Å². The molecule has 70 valence electrons. The van der Waals surface area contributed by atoms with E-state index in [-0.39, 0.29) is 6.29 Å². The number of rotatable bonds is 1. The van der Waals surface area contributed by atoms with Crippen LogP contribution in [0.5, 0.6) is 0 Å². The van der Waals surface area contributed by atoms with E-state index in [0.29, 0.717) is 5.92 Å². The third kappa shape index (κ3) is 1.38. The molecule has 12 heavy (non-hydrogen) atoms. The number of ether oxygens (including phenoxy) is 2. The van der Waals surface area contributed by atoms with Gasteiger partial charge in [-0.1, -0.05) is 13.8 Å². The van der Waals surface area contributed by atoms with Gasteiger partial charge in [-0.25, -0.2) is 0 Å². The molecule has 0 N–H and O–H groups in total. The Balaban J connectivity index is 2.01. The van der Waals surface area contributed by atoms with E-state index >= 15 is 0 Å². The average Bonchev–Trinajstić information content (AvgIpc) is 2.47. The maximum atomic E-state index is 5.61. The lowest BCUT2D eigenvalue weighted by Crippen LogP contribution is -2.30. The largest absolute Gasteiger partial charge is 0.352 e. The smallest absolute Gasteiger partial charge is 0.160 e. The highest BCUT2D eigenvalue weighted by Crippen LogP contribution is 2.38. The van der Waals surface area contributed by atoms with Crippen LogP contribution in [0.1, 0.15) is 26.7 Å². The minimum absolute atomic E-state index is 0.131. The van der Waals surface area contributed by atoms with E-state index in [0.717, 1.165) is 25.0 Å². The molecule has 0 spiro atoms. The second-order valence-electron chi connectivity index (χ2n) is 4.29. The molecule has 2 aliphatic heterocycles. The summed E-state index contributed by atoms with van der Waals surface area (Å²) in [7, 11) is 0. The van der Waals surface area contributed by atoms with Crippen LogP contribution < -0.4 is 0 Å².